The highest BCUT2D eigenvalue weighted by Gasteiger charge is 2.32. The number of hydrogen-bond donors (Lipinski definition) is 0. The zero-order valence-corrected chi connectivity index (χ0v) is 10.9. The van der Waals surface area contributed by atoms with Crippen LogP contribution in [-0.4, -0.2) is 0 Å². The maximum absolute atomic E-state index is 13.9. The summed E-state index contributed by atoms with van der Waals surface area (Å²) in [5, 5.41) is 0. The van der Waals surface area contributed by atoms with E-state index in [0.29, 0.717) is 5.56 Å². The summed E-state index contributed by atoms with van der Waals surface area (Å²) in [7, 11) is 0. The lowest BCUT2D eigenvalue weighted by atomic mass is 9.92. The minimum atomic E-state index is -2.14. The van der Waals surface area contributed by atoms with Crippen LogP contribution in [0.1, 0.15) is 29.5 Å². The molecule has 108 valence electrons. The normalized spacial score (nSPS) is 16.9. The van der Waals surface area contributed by atoms with E-state index >= 15 is 0 Å². The molecule has 2 aromatic carbocycles. The molecule has 2 aromatic rings. The second-order valence-electron chi connectivity index (χ2n) is 4.90. The summed E-state index contributed by atoms with van der Waals surface area (Å²) >= 11 is 0. The van der Waals surface area contributed by atoms with Crippen molar-refractivity contribution in [3.63, 3.8) is 0 Å². The van der Waals surface area contributed by atoms with Gasteiger partial charge in [0.2, 0.25) is 5.82 Å². The molecule has 21 heavy (non-hydrogen) atoms. The van der Waals surface area contributed by atoms with Crippen LogP contribution in [0.3, 0.4) is 0 Å². The molecular weight excluding hydrogens is 287 g/mol. The van der Waals surface area contributed by atoms with Crippen LogP contribution in [0.25, 0.3) is 11.6 Å². The number of halogens is 5. The van der Waals surface area contributed by atoms with Crippen molar-refractivity contribution in [2.24, 2.45) is 0 Å². The van der Waals surface area contributed by atoms with E-state index < -0.39 is 40.6 Å². The molecule has 0 aliphatic heterocycles. The highest BCUT2D eigenvalue weighted by Crippen LogP contribution is 2.43. The van der Waals surface area contributed by atoms with Crippen molar-refractivity contribution in [3.05, 3.63) is 70.0 Å². The van der Waals surface area contributed by atoms with Gasteiger partial charge in [0, 0.05) is 5.92 Å². The molecule has 0 bridgehead atoms. The molecule has 0 fully saturated rings. The van der Waals surface area contributed by atoms with Gasteiger partial charge in [-0.2, -0.15) is 0 Å². The minimum absolute atomic E-state index is 0.0870. The second-order valence-corrected chi connectivity index (χ2v) is 4.90. The lowest BCUT2D eigenvalue weighted by molar-refractivity contribution is 0.376. The molecule has 0 aromatic heterocycles. The van der Waals surface area contributed by atoms with Crippen LogP contribution in [0.5, 0.6) is 0 Å². The fourth-order valence-electron chi connectivity index (χ4n) is 2.64. The lowest BCUT2D eigenvalue weighted by Gasteiger charge is -2.14. The van der Waals surface area contributed by atoms with Crippen LogP contribution in [0.2, 0.25) is 0 Å². The highest BCUT2D eigenvalue weighted by atomic mass is 19.2. The van der Waals surface area contributed by atoms with E-state index in [-0.39, 0.29) is 5.57 Å². The van der Waals surface area contributed by atoms with Gasteiger partial charge in [0.05, 0.1) is 5.56 Å². The summed E-state index contributed by atoms with van der Waals surface area (Å²) in [6, 6.07) is 6.98. The summed E-state index contributed by atoms with van der Waals surface area (Å²) in [6.07, 6.45) is 1.46. The van der Waals surface area contributed by atoms with Gasteiger partial charge in [0.25, 0.3) is 0 Å². The van der Waals surface area contributed by atoms with Gasteiger partial charge in [-0.25, -0.2) is 22.0 Å². The Morgan fingerprint density at radius 3 is 1.86 bits per heavy atom. The van der Waals surface area contributed by atoms with Crippen molar-refractivity contribution < 1.29 is 22.0 Å². The standard InChI is InChI=1S/C16H9F5/c1-7-9-5-3-2-4-8(9)6-10(7)11-12(17)14(19)16(21)15(20)13(11)18/h2-7H,1H3. The van der Waals surface area contributed by atoms with Gasteiger partial charge in [-0.05, 0) is 16.7 Å². The SMILES string of the molecule is CC1C(c2c(F)c(F)c(F)c(F)c2F)=Cc2ccccc21. The summed E-state index contributed by atoms with van der Waals surface area (Å²) in [5.74, 6) is -10.0. The van der Waals surface area contributed by atoms with Gasteiger partial charge < -0.3 is 0 Å². The molecule has 0 N–H and O–H groups in total. The second kappa shape index (κ2) is 4.69. The van der Waals surface area contributed by atoms with Gasteiger partial charge in [0.1, 0.15) is 0 Å². The van der Waals surface area contributed by atoms with E-state index in [1.54, 1.807) is 31.2 Å². The van der Waals surface area contributed by atoms with Gasteiger partial charge in [0.15, 0.2) is 23.3 Å². The van der Waals surface area contributed by atoms with Gasteiger partial charge >= 0.3 is 0 Å². The van der Waals surface area contributed by atoms with Crippen molar-refractivity contribution in [2.75, 3.05) is 0 Å². The molecular formula is C16H9F5. The van der Waals surface area contributed by atoms with E-state index in [1.165, 1.54) is 6.08 Å². The molecule has 1 aliphatic carbocycles. The van der Waals surface area contributed by atoms with E-state index in [9.17, 15) is 22.0 Å². The predicted octanol–water partition coefficient (Wildman–Crippen LogP) is 5.04. The first-order valence-electron chi connectivity index (χ1n) is 6.25. The van der Waals surface area contributed by atoms with E-state index in [0.717, 1.165) is 5.56 Å². The quantitative estimate of drug-likeness (QED) is 0.393. The third-order valence-electron chi connectivity index (χ3n) is 3.74. The number of benzene rings is 2. The molecule has 3 rings (SSSR count). The molecule has 0 nitrogen and oxygen atoms in total. The molecule has 0 radical (unpaired) electrons. The minimum Gasteiger partial charge on any atom is -0.203 e. The molecule has 0 saturated carbocycles. The van der Waals surface area contributed by atoms with Gasteiger partial charge in [-0.1, -0.05) is 37.3 Å². The molecule has 1 unspecified atom stereocenters. The number of hydrogen-bond acceptors (Lipinski definition) is 0. The smallest absolute Gasteiger partial charge is 0.200 e. The van der Waals surface area contributed by atoms with Crippen LogP contribution in [0.4, 0.5) is 22.0 Å². The molecule has 0 spiro atoms. The summed E-state index contributed by atoms with van der Waals surface area (Å²) < 4.78 is 67.5. The molecule has 1 aliphatic rings. The van der Waals surface area contributed by atoms with Crippen LogP contribution < -0.4 is 0 Å². The molecule has 0 heterocycles. The first-order chi connectivity index (χ1) is 9.93. The molecule has 5 heteroatoms. The maximum Gasteiger partial charge on any atom is 0.200 e. The van der Waals surface area contributed by atoms with Crippen molar-refractivity contribution in [1.29, 1.82) is 0 Å². The summed E-state index contributed by atoms with van der Waals surface area (Å²) in [4.78, 5) is 0. The highest BCUT2D eigenvalue weighted by molar-refractivity contribution is 5.91. The first-order valence-corrected chi connectivity index (χ1v) is 6.25. The van der Waals surface area contributed by atoms with Crippen LogP contribution in [0, 0.1) is 29.1 Å². The Balaban J connectivity index is 2.25. The maximum atomic E-state index is 13.9. The van der Waals surface area contributed by atoms with E-state index in [4.69, 9.17) is 0 Å². The Morgan fingerprint density at radius 2 is 1.29 bits per heavy atom. The topological polar surface area (TPSA) is 0 Å². The van der Waals surface area contributed by atoms with Crippen molar-refractivity contribution in [2.45, 2.75) is 12.8 Å². The lowest BCUT2D eigenvalue weighted by Crippen LogP contribution is -2.08. The summed E-state index contributed by atoms with van der Waals surface area (Å²) in [6.45, 7) is 1.66. The zero-order chi connectivity index (χ0) is 15.3. The molecule has 1 atom stereocenters. The fourth-order valence-corrected chi connectivity index (χ4v) is 2.64. The molecule has 0 saturated heterocycles. The zero-order valence-electron chi connectivity index (χ0n) is 10.9. The Bertz CT molecular complexity index is 747. The average molecular weight is 296 g/mol. The van der Waals surface area contributed by atoms with Crippen LogP contribution >= 0.6 is 0 Å². The predicted molar refractivity (Wildman–Crippen MR) is 69.0 cm³/mol. The van der Waals surface area contributed by atoms with E-state index in [2.05, 4.69) is 0 Å². The Kier molecular flexibility index (Phi) is 3.08. The Hall–Kier alpha value is -2.17. The van der Waals surface area contributed by atoms with Crippen LogP contribution in [0.15, 0.2) is 24.3 Å². The summed E-state index contributed by atoms with van der Waals surface area (Å²) in [5.41, 5.74) is 0.736. The van der Waals surface area contributed by atoms with Gasteiger partial charge in [-0.15, -0.1) is 0 Å². The van der Waals surface area contributed by atoms with Crippen molar-refractivity contribution in [1.82, 2.24) is 0 Å². The van der Waals surface area contributed by atoms with Crippen molar-refractivity contribution >= 4 is 11.6 Å². The Labute approximate surface area is 117 Å². The third-order valence-corrected chi connectivity index (χ3v) is 3.74. The number of fused-ring (bicyclic) bond motifs is 1. The largest absolute Gasteiger partial charge is 0.203 e. The third kappa shape index (κ3) is 1.87. The van der Waals surface area contributed by atoms with Crippen molar-refractivity contribution in [3.8, 4) is 0 Å². The fraction of sp³-hybridized carbons (Fsp3) is 0.125. The average Bonchev–Trinajstić information content (AvgIpc) is 2.81. The first kappa shape index (κ1) is 13.8. The number of rotatable bonds is 1. The van der Waals surface area contributed by atoms with E-state index in [1.807, 2.05) is 0 Å². The monoisotopic (exact) mass is 296 g/mol. The Morgan fingerprint density at radius 1 is 0.762 bits per heavy atom. The molecule has 0 amide bonds. The van der Waals surface area contributed by atoms with Crippen LogP contribution in [-0.2, 0) is 0 Å². The number of allylic oxidation sites excluding steroid dienone is 1. The van der Waals surface area contributed by atoms with Gasteiger partial charge in [-0.3, -0.25) is 0 Å².